The SMILES string of the molecule is O=c1cc(O)nc(SCCOc2ccc(Cl)cc2)[nH]1. The second-order valence-corrected chi connectivity index (χ2v) is 5.08. The van der Waals surface area contributed by atoms with Gasteiger partial charge in [-0.15, -0.1) is 0 Å². The molecule has 0 aliphatic heterocycles. The fourth-order valence-corrected chi connectivity index (χ4v) is 2.14. The van der Waals surface area contributed by atoms with E-state index < -0.39 is 0 Å². The number of thioether (sulfide) groups is 1. The lowest BCUT2D eigenvalue weighted by Crippen LogP contribution is -2.07. The van der Waals surface area contributed by atoms with Crippen LogP contribution in [0, 0.1) is 0 Å². The number of rotatable bonds is 5. The fourth-order valence-electron chi connectivity index (χ4n) is 1.32. The summed E-state index contributed by atoms with van der Waals surface area (Å²) in [5, 5.41) is 10.2. The van der Waals surface area contributed by atoms with Crippen molar-refractivity contribution in [3.63, 3.8) is 0 Å². The monoisotopic (exact) mass is 298 g/mol. The summed E-state index contributed by atoms with van der Waals surface area (Å²) in [6.45, 7) is 0.450. The third kappa shape index (κ3) is 4.50. The molecule has 0 spiro atoms. The number of hydrogen-bond donors (Lipinski definition) is 2. The minimum Gasteiger partial charge on any atom is -0.493 e. The van der Waals surface area contributed by atoms with E-state index in [1.807, 2.05) is 0 Å². The van der Waals surface area contributed by atoms with Crippen molar-refractivity contribution in [3.8, 4) is 11.6 Å². The normalized spacial score (nSPS) is 10.4. The molecule has 7 heteroatoms. The van der Waals surface area contributed by atoms with Gasteiger partial charge in [-0.2, -0.15) is 4.98 Å². The average Bonchev–Trinajstić information content (AvgIpc) is 2.36. The van der Waals surface area contributed by atoms with Gasteiger partial charge in [0.25, 0.3) is 5.56 Å². The molecular weight excluding hydrogens is 288 g/mol. The molecule has 0 bridgehead atoms. The van der Waals surface area contributed by atoms with Crippen molar-refractivity contribution in [2.75, 3.05) is 12.4 Å². The summed E-state index contributed by atoms with van der Waals surface area (Å²) in [4.78, 5) is 17.4. The summed E-state index contributed by atoms with van der Waals surface area (Å²) < 4.78 is 5.48. The standard InChI is InChI=1S/C12H11ClN2O3S/c13-8-1-3-9(4-2-8)18-5-6-19-12-14-10(16)7-11(17)15-12/h1-4,7H,5-6H2,(H2,14,15,16,17). The van der Waals surface area contributed by atoms with Gasteiger partial charge >= 0.3 is 0 Å². The maximum atomic E-state index is 11.1. The first-order valence-corrected chi connectivity index (χ1v) is 6.81. The van der Waals surface area contributed by atoms with Crippen molar-refractivity contribution < 1.29 is 9.84 Å². The van der Waals surface area contributed by atoms with Gasteiger partial charge in [0.05, 0.1) is 12.7 Å². The van der Waals surface area contributed by atoms with E-state index in [2.05, 4.69) is 9.97 Å². The molecule has 0 atom stereocenters. The van der Waals surface area contributed by atoms with E-state index in [1.165, 1.54) is 11.8 Å². The molecule has 1 aromatic heterocycles. The lowest BCUT2D eigenvalue weighted by molar-refractivity contribution is 0.344. The molecule has 1 aromatic carbocycles. The van der Waals surface area contributed by atoms with Gasteiger partial charge in [0.1, 0.15) is 5.75 Å². The zero-order chi connectivity index (χ0) is 13.7. The molecule has 0 unspecified atom stereocenters. The van der Waals surface area contributed by atoms with Crippen LogP contribution in [0.3, 0.4) is 0 Å². The molecule has 2 rings (SSSR count). The van der Waals surface area contributed by atoms with Gasteiger partial charge in [0, 0.05) is 10.8 Å². The topological polar surface area (TPSA) is 75.2 Å². The molecule has 2 N–H and O–H groups in total. The van der Waals surface area contributed by atoms with Crippen LogP contribution >= 0.6 is 23.4 Å². The van der Waals surface area contributed by atoms with Gasteiger partial charge in [-0.25, -0.2) is 0 Å². The summed E-state index contributed by atoms with van der Waals surface area (Å²) in [6, 6.07) is 8.08. The highest BCUT2D eigenvalue weighted by Crippen LogP contribution is 2.17. The molecule has 0 radical (unpaired) electrons. The molecule has 0 saturated carbocycles. The zero-order valence-electron chi connectivity index (χ0n) is 9.80. The minimum absolute atomic E-state index is 0.287. The van der Waals surface area contributed by atoms with Gasteiger partial charge in [0.2, 0.25) is 5.88 Å². The predicted molar refractivity (Wildman–Crippen MR) is 74.2 cm³/mol. The van der Waals surface area contributed by atoms with Crippen LogP contribution in [0.2, 0.25) is 5.02 Å². The van der Waals surface area contributed by atoms with Crippen molar-refractivity contribution in [2.24, 2.45) is 0 Å². The van der Waals surface area contributed by atoms with Crippen molar-refractivity contribution >= 4 is 23.4 Å². The van der Waals surface area contributed by atoms with Crippen LogP contribution in [-0.2, 0) is 0 Å². The number of aromatic nitrogens is 2. The second-order valence-electron chi connectivity index (χ2n) is 3.56. The number of benzene rings is 1. The van der Waals surface area contributed by atoms with Gasteiger partial charge in [0.15, 0.2) is 5.16 Å². The first-order valence-electron chi connectivity index (χ1n) is 5.45. The number of nitrogens with zero attached hydrogens (tertiary/aromatic N) is 1. The number of nitrogens with one attached hydrogen (secondary N) is 1. The van der Waals surface area contributed by atoms with Gasteiger partial charge < -0.3 is 14.8 Å². The summed E-state index contributed by atoms with van der Waals surface area (Å²) in [5.74, 6) is 1.03. The Bertz CT molecular complexity index is 601. The molecule has 2 aromatic rings. The van der Waals surface area contributed by atoms with E-state index in [4.69, 9.17) is 21.4 Å². The molecule has 0 fully saturated rings. The Morgan fingerprint density at radius 1 is 1.37 bits per heavy atom. The van der Waals surface area contributed by atoms with Crippen molar-refractivity contribution in [3.05, 3.63) is 45.7 Å². The van der Waals surface area contributed by atoms with Crippen LogP contribution in [0.4, 0.5) is 0 Å². The van der Waals surface area contributed by atoms with Crippen molar-refractivity contribution in [2.45, 2.75) is 5.16 Å². The number of ether oxygens (including phenoxy) is 1. The number of halogens is 1. The molecule has 19 heavy (non-hydrogen) atoms. The maximum Gasteiger partial charge on any atom is 0.255 e. The van der Waals surface area contributed by atoms with Crippen LogP contribution in [0.5, 0.6) is 11.6 Å². The first kappa shape index (κ1) is 13.8. The summed E-state index contributed by atoms with van der Waals surface area (Å²) in [6.07, 6.45) is 0. The number of H-pyrrole nitrogens is 1. The fraction of sp³-hybridized carbons (Fsp3) is 0.167. The predicted octanol–water partition coefficient (Wildman–Crippen LogP) is 2.30. The lowest BCUT2D eigenvalue weighted by atomic mass is 10.3. The highest BCUT2D eigenvalue weighted by atomic mass is 35.5. The van der Waals surface area contributed by atoms with Crippen LogP contribution in [0.15, 0.2) is 40.3 Å². The molecule has 0 aliphatic carbocycles. The smallest absolute Gasteiger partial charge is 0.255 e. The van der Waals surface area contributed by atoms with E-state index >= 15 is 0 Å². The third-order valence-electron chi connectivity index (χ3n) is 2.11. The lowest BCUT2D eigenvalue weighted by Gasteiger charge is -2.05. The highest BCUT2D eigenvalue weighted by molar-refractivity contribution is 7.99. The van der Waals surface area contributed by atoms with Gasteiger partial charge in [-0.3, -0.25) is 4.79 Å². The van der Waals surface area contributed by atoms with Crippen LogP contribution in [0.25, 0.3) is 0 Å². The summed E-state index contributed by atoms with van der Waals surface area (Å²) in [7, 11) is 0. The van der Waals surface area contributed by atoms with Gasteiger partial charge in [-0.1, -0.05) is 23.4 Å². The number of aromatic amines is 1. The highest BCUT2D eigenvalue weighted by Gasteiger charge is 2.01. The number of aromatic hydroxyl groups is 1. The Morgan fingerprint density at radius 3 is 2.79 bits per heavy atom. The molecule has 0 saturated heterocycles. The van der Waals surface area contributed by atoms with E-state index in [1.54, 1.807) is 24.3 Å². The van der Waals surface area contributed by atoms with E-state index in [0.717, 1.165) is 11.8 Å². The minimum atomic E-state index is -0.381. The Morgan fingerprint density at radius 2 is 2.11 bits per heavy atom. The first-order chi connectivity index (χ1) is 9.13. The molecule has 5 nitrogen and oxygen atoms in total. The third-order valence-corrected chi connectivity index (χ3v) is 3.20. The van der Waals surface area contributed by atoms with E-state index in [0.29, 0.717) is 22.5 Å². The average molecular weight is 299 g/mol. The van der Waals surface area contributed by atoms with Crippen LogP contribution in [0.1, 0.15) is 0 Å². The largest absolute Gasteiger partial charge is 0.493 e. The van der Waals surface area contributed by atoms with Crippen LogP contribution < -0.4 is 10.3 Å². The van der Waals surface area contributed by atoms with Gasteiger partial charge in [-0.05, 0) is 24.3 Å². The van der Waals surface area contributed by atoms with E-state index in [9.17, 15) is 4.79 Å². The Kier molecular flexibility index (Phi) is 4.70. The van der Waals surface area contributed by atoms with Crippen LogP contribution in [-0.4, -0.2) is 27.4 Å². The molecule has 0 aliphatic rings. The molecular formula is C12H11ClN2O3S. The second kappa shape index (κ2) is 6.49. The zero-order valence-corrected chi connectivity index (χ0v) is 11.4. The summed E-state index contributed by atoms with van der Waals surface area (Å²) >= 11 is 7.05. The Balaban J connectivity index is 1.80. The molecule has 100 valence electrons. The Labute approximate surface area is 118 Å². The molecule has 0 amide bonds. The quantitative estimate of drug-likeness (QED) is 0.503. The Hall–Kier alpha value is -1.66. The van der Waals surface area contributed by atoms with Crippen molar-refractivity contribution in [1.82, 2.24) is 9.97 Å². The number of hydrogen-bond acceptors (Lipinski definition) is 5. The summed E-state index contributed by atoms with van der Waals surface area (Å²) in [5.41, 5.74) is -0.381. The molecule has 1 heterocycles. The van der Waals surface area contributed by atoms with E-state index in [-0.39, 0.29) is 11.4 Å². The maximum absolute atomic E-state index is 11.1. The van der Waals surface area contributed by atoms with Crippen molar-refractivity contribution in [1.29, 1.82) is 0 Å².